The first kappa shape index (κ1) is 20.5. The number of hydroxylamine groups is 1. The lowest BCUT2D eigenvalue weighted by atomic mass is 9.95. The van der Waals surface area contributed by atoms with Gasteiger partial charge in [-0.3, -0.25) is 4.98 Å². The molecule has 6 nitrogen and oxygen atoms in total. The average Bonchev–Trinajstić information content (AvgIpc) is 3.19. The number of oxazole rings is 1. The van der Waals surface area contributed by atoms with E-state index in [9.17, 15) is 5.21 Å². The molecule has 1 aliphatic carbocycles. The van der Waals surface area contributed by atoms with Gasteiger partial charge in [-0.05, 0) is 43.9 Å². The predicted octanol–water partition coefficient (Wildman–Crippen LogP) is 4.69. The molecule has 154 valence electrons. The number of hydrogen-bond donors (Lipinski definition) is 1. The van der Waals surface area contributed by atoms with Crippen molar-refractivity contribution in [2.45, 2.75) is 27.2 Å². The molecule has 30 heavy (non-hydrogen) atoms. The minimum Gasteiger partial charge on any atom is -0.628 e. The van der Waals surface area contributed by atoms with Gasteiger partial charge in [0.1, 0.15) is 11.4 Å². The van der Waals surface area contributed by atoms with Crippen LogP contribution in [-0.4, -0.2) is 21.5 Å². The van der Waals surface area contributed by atoms with Crippen molar-refractivity contribution in [2.24, 2.45) is 5.92 Å². The zero-order chi connectivity index (χ0) is 21.3. The zero-order valence-electron chi connectivity index (χ0n) is 17.1. The van der Waals surface area contributed by atoms with Crippen molar-refractivity contribution < 1.29 is 9.48 Å². The van der Waals surface area contributed by atoms with Crippen LogP contribution in [0.4, 0.5) is 5.82 Å². The fraction of sp³-hybridized carbons (Fsp3) is 0.261. The Labute approximate surface area is 180 Å². The second-order valence-corrected chi connectivity index (χ2v) is 7.83. The van der Waals surface area contributed by atoms with Crippen LogP contribution in [-0.2, 0) is 0 Å². The van der Waals surface area contributed by atoms with E-state index >= 15 is 0 Å². The number of quaternary nitrogens is 1. The maximum Gasteiger partial charge on any atom is 0.228 e. The number of aryl methyl sites for hydroxylation is 1. The van der Waals surface area contributed by atoms with E-state index in [2.05, 4.69) is 23.0 Å². The van der Waals surface area contributed by atoms with Gasteiger partial charge in [-0.2, -0.15) is 0 Å². The number of halogens is 1. The first-order chi connectivity index (χ1) is 14.5. The molecule has 3 heterocycles. The van der Waals surface area contributed by atoms with Crippen molar-refractivity contribution >= 4 is 23.0 Å². The van der Waals surface area contributed by atoms with Crippen LogP contribution in [0.25, 0.3) is 28.5 Å². The van der Waals surface area contributed by atoms with Crippen LogP contribution in [0, 0.1) is 18.0 Å². The second kappa shape index (κ2) is 8.52. The van der Waals surface area contributed by atoms with Gasteiger partial charge in [0.15, 0.2) is 5.76 Å². The Morgan fingerprint density at radius 3 is 2.83 bits per heavy atom. The van der Waals surface area contributed by atoms with E-state index in [1.54, 1.807) is 18.5 Å². The summed E-state index contributed by atoms with van der Waals surface area (Å²) in [7, 11) is 0. The molecule has 0 aliphatic heterocycles. The van der Waals surface area contributed by atoms with Gasteiger partial charge >= 0.3 is 0 Å². The summed E-state index contributed by atoms with van der Waals surface area (Å²) in [5.41, 5.74) is 3.76. The minimum atomic E-state index is -0.0251. The lowest BCUT2D eigenvalue weighted by molar-refractivity contribution is -0.776. The molecule has 1 aliphatic rings. The van der Waals surface area contributed by atoms with Crippen LogP contribution in [0.3, 0.4) is 0 Å². The molecule has 3 aromatic heterocycles. The van der Waals surface area contributed by atoms with Crippen LogP contribution in [0.1, 0.15) is 31.5 Å². The standard InChI is InChI=1S/C23H23ClN4O2/c1-4-28(29)20-12-17(15(3)13-26-20)23-27-21(16-9-8-14(2)11-18(16)24)22(30-23)19-7-5-6-10-25-19/h5-7,9-14,28H,4,8H2,1-3H3. The zero-order valence-corrected chi connectivity index (χ0v) is 17.9. The highest BCUT2D eigenvalue weighted by Crippen LogP contribution is 2.39. The molecular formula is C23H23ClN4O2. The number of nitrogens with one attached hydrogen (secondary N) is 1. The molecule has 3 aromatic rings. The molecule has 7 heteroatoms. The Bertz CT molecular complexity index is 1120. The van der Waals surface area contributed by atoms with Crippen molar-refractivity contribution in [3.63, 3.8) is 0 Å². The van der Waals surface area contributed by atoms with Crippen LogP contribution in [0.5, 0.6) is 0 Å². The summed E-state index contributed by atoms with van der Waals surface area (Å²) in [4.78, 5) is 13.5. The highest BCUT2D eigenvalue weighted by Gasteiger charge is 2.25. The highest BCUT2D eigenvalue weighted by atomic mass is 35.5. The van der Waals surface area contributed by atoms with E-state index in [1.165, 1.54) is 0 Å². The number of pyridine rings is 2. The summed E-state index contributed by atoms with van der Waals surface area (Å²) in [6, 6.07) is 7.37. The Morgan fingerprint density at radius 1 is 1.30 bits per heavy atom. The molecule has 0 spiro atoms. The predicted molar refractivity (Wildman–Crippen MR) is 118 cm³/mol. The Kier molecular flexibility index (Phi) is 5.81. The van der Waals surface area contributed by atoms with Crippen molar-refractivity contribution in [2.75, 3.05) is 6.54 Å². The normalized spacial score (nSPS) is 17.4. The van der Waals surface area contributed by atoms with Gasteiger partial charge in [0, 0.05) is 34.6 Å². The van der Waals surface area contributed by atoms with E-state index in [1.807, 2.05) is 38.1 Å². The molecule has 0 saturated heterocycles. The number of hydrogen-bond acceptors (Lipinski definition) is 5. The fourth-order valence-corrected chi connectivity index (χ4v) is 3.78. The third kappa shape index (κ3) is 3.94. The first-order valence-electron chi connectivity index (χ1n) is 9.98. The summed E-state index contributed by atoms with van der Waals surface area (Å²) in [6.07, 6.45) is 8.39. The van der Waals surface area contributed by atoms with Crippen LogP contribution in [0.15, 0.2) is 58.3 Å². The maximum atomic E-state index is 12.2. The molecule has 1 N–H and O–H groups in total. The molecule has 4 rings (SSSR count). The Balaban J connectivity index is 1.88. The van der Waals surface area contributed by atoms with E-state index in [0.29, 0.717) is 46.4 Å². The van der Waals surface area contributed by atoms with E-state index in [4.69, 9.17) is 21.0 Å². The third-order valence-corrected chi connectivity index (χ3v) is 5.43. The summed E-state index contributed by atoms with van der Waals surface area (Å²) >= 11 is 6.58. The smallest absolute Gasteiger partial charge is 0.228 e. The average molecular weight is 423 g/mol. The molecule has 0 saturated carbocycles. The maximum absolute atomic E-state index is 12.2. The quantitative estimate of drug-likeness (QED) is 0.603. The van der Waals surface area contributed by atoms with Crippen LogP contribution in [0.2, 0.25) is 0 Å². The lowest BCUT2D eigenvalue weighted by Gasteiger charge is -2.18. The van der Waals surface area contributed by atoms with Crippen molar-refractivity contribution in [1.82, 2.24) is 15.0 Å². The van der Waals surface area contributed by atoms with Crippen molar-refractivity contribution in [3.05, 3.63) is 70.3 Å². The first-order valence-corrected chi connectivity index (χ1v) is 10.4. The molecule has 0 fully saturated rings. The molecule has 2 unspecified atom stereocenters. The van der Waals surface area contributed by atoms with Gasteiger partial charge in [-0.25, -0.2) is 9.97 Å². The second-order valence-electron chi connectivity index (χ2n) is 7.42. The van der Waals surface area contributed by atoms with Gasteiger partial charge in [-0.1, -0.05) is 36.7 Å². The summed E-state index contributed by atoms with van der Waals surface area (Å²) in [5.74, 6) is 1.74. The molecular weight excluding hydrogens is 400 g/mol. The van der Waals surface area contributed by atoms with Gasteiger partial charge in [0.2, 0.25) is 11.7 Å². The minimum absolute atomic E-state index is 0.0251. The van der Waals surface area contributed by atoms with Gasteiger partial charge in [0.05, 0.1) is 6.54 Å². The summed E-state index contributed by atoms with van der Waals surface area (Å²) in [6.45, 7) is 6.24. The van der Waals surface area contributed by atoms with Crippen molar-refractivity contribution in [1.29, 1.82) is 0 Å². The van der Waals surface area contributed by atoms with Crippen LogP contribution < -0.4 is 5.06 Å². The largest absolute Gasteiger partial charge is 0.628 e. The Hall–Kier alpha value is -2.80. The van der Waals surface area contributed by atoms with Gasteiger partial charge in [0.25, 0.3) is 0 Å². The van der Waals surface area contributed by atoms with E-state index in [-0.39, 0.29) is 5.06 Å². The monoisotopic (exact) mass is 422 g/mol. The molecule has 0 radical (unpaired) electrons. The fourth-order valence-electron chi connectivity index (χ4n) is 3.39. The SMILES string of the molecule is CC[NH+]([O-])c1cc(-c2nc(C3=CCC(C)C=C3Cl)c(-c3ccccn3)o2)c(C)cn1. The van der Waals surface area contributed by atoms with E-state index in [0.717, 1.165) is 23.1 Å². The number of aromatic nitrogens is 3. The topological polar surface area (TPSA) is 79.3 Å². The Morgan fingerprint density at radius 2 is 2.13 bits per heavy atom. The number of nitrogens with zero attached hydrogens (tertiary/aromatic N) is 3. The number of rotatable bonds is 5. The summed E-state index contributed by atoms with van der Waals surface area (Å²) in [5, 5.41) is 12.8. The van der Waals surface area contributed by atoms with Gasteiger partial charge < -0.3 is 14.7 Å². The molecule has 0 amide bonds. The summed E-state index contributed by atoms with van der Waals surface area (Å²) < 4.78 is 6.23. The van der Waals surface area contributed by atoms with E-state index < -0.39 is 0 Å². The highest BCUT2D eigenvalue weighted by molar-refractivity contribution is 6.37. The van der Waals surface area contributed by atoms with Crippen molar-refractivity contribution in [3.8, 4) is 22.9 Å². The van der Waals surface area contributed by atoms with Crippen LogP contribution >= 0.6 is 11.6 Å². The van der Waals surface area contributed by atoms with Gasteiger partial charge in [-0.15, -0.1) is 0 Å². The third-order valence-electron chi connectivity index (χ3n) is 5.10. The molecule has 0 bridgehead atoms. The molecule has 0 aromatic carbocycles. The number of allylic oxidation sites excluding steroid dienone is 4. The lowest BCUT2D eigenvalue weighted by Crippen LogP contribution is -3.01. The molecule has 2 atom stereocenters.